The molecule has 32 heavy (non-hydrogen) atoms. The van der Waals surface area contributed by atoms with Crippen LogP contribution in [0.25, 0.3) is 0 Å². The van der Waals surface area contributed by atoms with Gasteiger partial charge in [0.2, 0.25) is 21.8 Å². The van der Waals surface area contributed by atoms with Crippen LogP contribution in [0.5, 0.6) is 0 Å². The van der Waals surface area contributed by atoms with E-state index in [0.717, 1.165) is 22.7 Å². The van der Waals surface area contributed by atoms with Gasteiger partial charge < -0.3 is 10.2 Å². The van der Waals surface area contributed by atoms with Gasteiger partial charge in [-0.15, -0.1) is 0 Å². The molecule has 0 spiro atoms. The summed E-state index contributed by atoms with van der Waals surface area (Å²) in [4.78, 5) is 27.1. The molecule has 0 saturated heterocycles. The fourth-order valence-corrected chi connectivity index (χ4v) is 4.54. The van der Waals surface area contributed by atoms with E-state index in [1.54, 1.807) is 25.1 Å². The Hall–Kier alpha value is -2.36. The minimum absolute atomic E-state index is 0.00966. The van der Waals surface area contributed by atoms with Crippen LogP contribution in [0.3, 0.4) is 0 Å². The van der Waals surface area contributed by atoms with Gasteiger partial charge in [-0.2, -0.15) is 0 Å². The van der Waals surface area contributed by atoms with Gasteiger partial charge in [0.15, 0.2) is 0 Å². The Balaban J connectivity index is 2.49. The van der Waals surface area contributed by atoms with E-state index in [1.165, 1.54) is 24.1 Å². The van der Waals surface area contributed by atoms with Crippen LogP contribution in [0.4, 0.5) is 10.1 Å². The maximum absolute atomic E-state index is 13.7. The Kier molecular flexibility index (Phi) is 8.89. The zero-order chi connectivity index (χ0) is 24.1. The van der Waals surface area contributed by atoms with Crippen molar-refractivity contribution in [3.63, 3.8) is 0 Å². The molecule has 2 rings (SSSR count). The van der Waals surface area contributed by atoms with Gasteiger partial charge >= 0.3 is 0 Å². The Bertz CT molecular complexity index is 1080. The van der Waals surface area contributed by atoms with Crippen molar-refractivity contribution in [2.45, 2.75) is 25.9 Å². The number of hydrogen-bond acceptors (Lipinski definition) is 4. The van der Waals surface area contributed by atoms with Crippen LogP contribution >= 0.6 is 23.2 Å². The standard InChI is InChI=1S/C21H24Cl2FN3O4S/c1-4-19(21(29)25-2)26(12-16-17(22)9-6-10-18(16)23)20(28)13-27(32(3,30)31)15-8-5-7-14(24)11-15/h5-11,19H,4,12-13H2,1-3H3,(H,25,29)/t19-/m0/s1. The number of halogens is 3. The molecule has 0 saturated carbocycles. The lowest BCUT2D eigenvalue weighted by Crippen LogP contribution is -2.51. The molecule has 0 aromatic heterocycles. The predicted octanol–water partition coefficient (Wildman–Crippen LogP) is 3.45. The summed E-state index contributed by atoms with van der Waals surface area (Å²) in [6.07, 6.45) is 1.17. The summed E-state index contributed by atoms with van der Waals surface area (Å²) in [5, 5.41) is 3.11. The van der Waals surface area contributed by atoms with Crippen LogP contribution < -0.4 is 9.62 Å². The van der Waals surface area contributed by atoms with Gasteiger partial charge in [0.1, 0.15) is 18.4 Å². The summed E-state index contributed by atoms with van der Waals surface area (Å²) in [6.45, 7) is 0.956. The molecule has 0 bridgehead atoms. The highest BCUT2D eigenvalue weighted by molar-refractivity contribution is 7.92. The first-order valence-electron chi connectivity index (χ1n) is 9.66. The zero-order valence-electron chi connectivity index (χ0n) is 17.8. The topological polar surface area (TPSA) is 86.8 Å². The fraction of sp³-hybridized carbons (Fsp3) is 0.333. The highest BCUT2D eigenvalue weighted by atomic mass is 35.5. The second-order valence-corrected chi connectivity index (χ2v) is 9.73. The normalized spacial score (nSPS) is 12.2. The number of likely N-dealkylation sites (N-methyl/N-ethyl adjacent to an activating group) is 1. The molecule has 2 aromatic carbocycles. The van der Waals surface area contributed by atoms with Crippen molar-refractivity contribution >= 4 is 50.7 Å². The van der Waals surface area contributed by atoms with Crippen molar-refractivity contribution in [2.75, 3.05) is 24.2 Å². The number of nitrogens with one attached hydrogen (secondary N) is 1. The Morgan fingerprint density at radius 1 is 1.12 bits per heavy atom. The number of hydrogen-bond donors (Lipinski definition) is 1. The summed E-state index contributed by atoms with van der Waals surface area (Å²) >= 11 is 12.5. The van der Waals surface area contributed by atoms with E-state index in [2.05, 4.69) is 5.32 Å². The van der Waals surface area contributed by atoms with Gasteiger partial charge in [-0.25, -0.2) is 12.8 Å². The lowest BCUT2D eigenvalue weighted by molar-refractivity contribution is -0.140. The maximum atomic E-state index is 13.7. The molecule has 1 N–H and O–H groups in total. The molecular weight excluding hydrogens is 480 g/mol. The Morgan fingerprint density at radius 3 is 2.22 bits per heavy atom. The van der Waals surface area contributed by atoms with Crippen molar-refractivity contribution in [3.8, 4) is 0 Å². The van der Waals surface area contributed by atoms with Gasteiger partial charge in [0.25, 0.3) is 0 Å². The molecule has 0 aliphatic heterocycles. The molecule has 0 radical (unpaired) electrons. The molecule has 0 unspecified atom stereocenters. The van der Waals surface area contributed by atoms with E-state index < -0.39 is 40.2 Å². The van der Waals surface area contributed by atoms with Crippen LogP contribution in [0.15, 0.2) is 42.5 Å². The number of rotatable bonds is 9. The smallest absolute Gasteiger partial charge is 0.244 e. The number of anilines is 1. The maximum Gasteiger partial charge on any atom is 0.244 e. The molecular formula is C21H24Cl2FN3O4S. The van der Waals surface area contributed by atoms with Gasteiger partial charge in [-0.05, 0) is 36.8 Å². The van der Waals surface area contributed by atoms with Crippen LogP contribution in [0, 0.1) is 5.82 Å². The van der Waals surface area contributed by atoms with Gasteiger partial charge in [-0.1, -0.05) is 42.3 Å². The number of carbonyl (C=O) groups excluding carboxylic acids is 2. The van der Waals surface area contributed by atoms with Crippen molar-refractivity contribution in [3.05, 3.63) is 63.9 Å². The minimum atomic E-state index is -3.94. The first kappa shape index (κ1) is 25.9. The summed E-state index contributed by atoms with van der Waals surface area (Å²) in [5.41, 5.74) is 0.410. The quantitative estimate of drug-likeness (QED) is 0.567. The average molecular weight is 504 g/mol. The second-order valence-electron chi connectivity index (χ2n) is 7.01. The molecule has 7 nitrogen and oxygen atoms in total. The third kappa shape index (κ3) is 6.34. The van der Waals surface area contributed by atoms with E-state index in [1.807, 2.05) is 0 Å². The van der Waals surface area contributed by atoms with Gasteiger partial charge in [0.05, 0.1) is 11.9 Å². The van der Waals surface area contributed by atoms with Crippen molar-refractivity contribution in [2.24, 2.45) is 0 Å². The summed E-state index contributed by atoms with van der Waals surface area (Å²) in [5.74, 6) is -1.76. The summed E-state index contributed by atoms with van der Waals surface area (Å²) in [7, 11) is -2.51. The lowest BCUT2D eigenvalue weighted by atomic mass is 10.1. The monoisotopic (exact) mass is 503 g/mol. The Morgan fingerprint density at radius 2 is 1.72 bits per heavy atom. The third-order valence-corrected chi connectivity index (χ3v) is 6.65. The highest BCUT2D eigenvalue weighted by Gasteiger charge is 2.32. The van der Waals surface area contributed by atoms with Crippen molar-refractivity contribution in [1.29, 1.82) is 0 Å². The molecule has 2 amide bonds. The van der Waals surface area contributed by atoms with Crippen molar-refractivity contribution < 1.29 is 22.4 Å². The van der Waals surface area contributed by atoms with E-state index in [0.29, 0.717) is 15.6 Å². The number of benzene rings is 2. The molecule has 1 atom stereocenters. The molecule has 2 aromatic rings. The molecule has 0 heterocycles. The lowest BCUT2D eigenvalue weighted by Gasteiger charge is -2.33. The zero-order valence-corrected chi connectivity index (χ0v) is 20.1. The SMILES string of the molecule is CC[C@@H](C(=O)NC)N(Cc1c(Cl)cccc1Cl)C(=O)CN(c1cccc(F)c1)S(C)(=O)=O. The Labute approximate surface area is 197 Å². The molecule has 0 aliphatic carbocycles. The number of nitrogens with zero attached hydrogens (tertiary/aromatic N) is 2. The van der Waals surface area contributed by atoms with E-state index in [4.69, 9.17) is 23.2 Å². The fourth-order valence-electron chi connectivity index (χ4n) is 3.18. The van der Waals surface area contributed by atoms with E-state index >= 15 is 0 Å². The highest BCUT2D eigenvalue weighted by Crippen LogP contribution is 2.27. The second kappa shape index (κ2) is 11.0. The molecule has 0 fully saturated rings. The van der Waals surface area contributed by atoms with Crippen LogP contribution in [0.2, 0.25) is 10.0 Å². The van der Waals surface area contributed by atoms with Crippen LogP contribution in [0.1, 0.15) is 18.9 Å². The first-order valence-corrected chi connectivity index (χ1v) is 12.3. The minimum Gasteiger partial charge on any atom is -0.357 e. The predicted molar refractivity (Wildman–Crippen MR) is 124 cm³/mol. The van der Waals surface area contributed by atoms with Crippen LogP contribution in [-0.2, 0) is 26.2 Å². The van der Waals surface area contributed by atoms with Crippen LogP contribution in [-0.4, -0.2) is 51.0 Å². The molecule has 11 heteroatoms. The summed E-state index contributed by atoms with van der Waals surface area (Å²) < 4.78 is 39.3. The van der Waals surface area contributed by atoms with E-state index in [-0.39, 0.29) is 18.7 Å². The largest absolute Gasteiger partial charge is 0.357 e. The molecule has 174 valence electrons. The number of sulfonamides is 1. The number of carbonyl (C=O) groups is 2. The first-order chi connectivity index (χ1) is 15.0. The van der Waals surface area contributed by atoms with Gasteiger partial charge in [-0.3, -0.25) is 13.9 Å². The van der Waals surface area contributed by atoms with E-state index in [9.17, 15) is 22.4 Å². The van der Waals surface area contributed by atoms with Gasteiger partial charge in [0, 0.05) is 29.2 Å². The summed E-state index contributed by atoms with van der Waals surface area (Å²) in [6, 6.07) is 8.83. The average Bonchev–Trinajstić information content (AvgIpc) is 2.72. The number of amides is 2. The van der Waals surface area contributed by atoms with Crippen molar-refractivity contribution in [1.82, 2.24) is 10.2 Å². The third-order valence-electron chi connectivity index (χ3n) is 4.80. The molecule has 0 aliphatic rings.